The second-order valence-corrected chi connectivity index (χ2v) is 5.96. The summed E-state index contributed by atoms with van der Waals surface area (Å²) < 4.78 is 13.4. The maximum atomic E-state index is 13.4. The molecule has 0 aliphatic carbocycles. The van der Waals surface area contributed by atoms with E-state index in [0.29, 0.717) is 5.56 Å². The van der Waals surface area contributed by atoms with Crippen molar-refractivity contribution in [1.29, 1.82) is 5.26 Å². The summed E-state index contributed by atoms with van der Waals surface area (Å²) in [4.78, 5) is 28.7. The number of nitrogens with zero attached hydrogens (tertiary/aromatic N) is 2. The number of nitrogens with one attached hydrogen (secondary N) is 2. The molecule has 24 heavy (non-hydrogen) atoms. The van der Waals surface area contributed by atoms with Crippen LogP contribution >= 0.6 is 0 Å². The highest BCUT2D eigenvalue weighted by atomic mass is 19.1. The molecule has 0 bridgehead atoms. The standard InChI is InChI=1S/C17H17FN4O2/c1-10-2-3-15-13(4-10)14(7-20-15)17(24)21-8-16(23)22-9-11(18)5-12(22)6-19/h2-4,7,11-12,20H,5,8-9H2,1H3,(H,21,24)/t11?,12-/m0/s1. The molecule has 2 N–H and O–H groups in total. The molecule has 6 nitrogen and oxygen atoms in total. The molecule has 0 spiro atoms. The molecular weight excluding hydrogens is 311 g/mol. The van der Waals surface area contributed by atoms with E-state index >= 15 is 0 Å². The minimum absolute atomic E-state index is 0.0257. The van der Waals surface area contributed by atoms with E-state index in [2.05, 4.69) is 10.3 Å². The van der Waals surface area contributed by atoms with Crippen molar-refractivity contribution < 1.29 is 14.0 Å². The van der Waals surface area contributed by atoms with Gasteiger partial charge in [0, 0.05) is 23.5 Å². The van der Waals surface area contributed by atoms with Gasteiger partial charge in [-0.25, -0.2) is 4.39 Å². The Kier molecular flexibility index (Phi) is 4.21. The SMILES string of the molecule is Cc1ccc2[nH]cc(C(=O)NCC(=O)N3CC(F)C[C@H]3C#N)c2c1. The third kappa shape index (κ3) is 2.95. The van der Waals surface area contributed by atoms with Crippen molar-refractivity contribution in [3.8, 4) is 6.07 Å². The van der Waals surface area contributed by atoms with Gasteiger partial charge in [-0.3, -0.25) is 9.59 Å². The van der Waals surface area contributed by atoms with Crippen molar-refractivity contribution in [3.05, 3.63) is 35.5 Å². The molecule has 124 valence electrons. The third-order valence-corrected chi connectivity index (χ3v) is 4.20. The lowest BCUT2D eigenvalue weighted by Crippen LogP contribution is -2.42. The molecule has 0 saturated carbocycles. The van der Waals surface area contributed by atoms with Gasteiger partial charge >= 0.3 is 0 Å². The van der Waals surface area contributed by atoms with Crippen LogP contribution in [0, 0.1) is 18.3 Å². The number of carbonyl (C=O) groups is 2. The van der Waals surface area contributed by atoms with Crippen LogP contribution in [-0.4, -0.2) is 47.0 Å². The Morgan fingerprint density at radius 3 is 3.04 bits per heavy atom. The molecule has 3 rings (SSSR count). The monoisotopic (exact) mass is 328 g/mol. The second kappa shape index (κ2) is 6.32. The maximum Gasteiger partial charge on any atom is 0.253 e. The molecule has 1 unspecified atom stereocenters. The van der Waals surface area contributed by atoms with Crippen LogP contribution in [0.4, 0.5) is 4.39 Å². The quantitative estimate of drug-likeness (QED) is 0.898. The molecule has 2 atom stereocenters. The number of benzene rings is 1. The van der Waals surface area contributed by atoms with Gasteiger partial charge in [-0.05, 0) is 19.1 Å². The predicted molar refractivity (Wildman–Crippen MR) is 86.0 cm³/mol. The normalized spacial score (nSPS) is 20.1. The number of fused-ring (bicyclic) bond motifs is 1. The van der Waals surface area contributed by atoms with Gasteiger partial charge < -0.3 is 15.2 Å². The number of alkyl halides is 1. The number of halogens is 1. The van der Waals surface area contributed by atoms with E-state index in [-0.39, 0.29) is 25.4 Å². The lowest BCUT2D eigenvalue weighted by molar-refractivity contribution is -0.130. The van der Waals surface area contributed by atoms with Gasteiger partial charge in [0.05, 0.1) is 24.7 Å². The molecule has 1 saturated heterocycles. The number of hydrogen-bond acceptors (Lipinski definition) is 3. The highest BCUT2D eigenvalue weighted by Crippen LogP contribution is 2.21. The first kappa shape index (κ1) is 16.0. The average Bonchev–Trinajstić information content (AvgIpc) is 3.15. The van der Waals surface area contributed by atoms with Gasteiger partial charge in [0.15, 0.2) is 0 Å². The van der Waals surface area contributed by atoms with E-state index in [9.17, 15) is 14.0 Å². The van der Waals surface area contributed by atoms with E-state index < -0.39 is 18.1 Å². The zero-order valence-corrected chi connectivity index (χ0v) is 13.2. The summed E-state index contributed by atoms with van der Waals surface area (Å²) in [7, 11) is 0. The van der Waals surface area contributed by atoms with E-state index in [1.165, 1.54) is 4.90 Å². The number of aryl methyl sites for hydroxylation is 1. The predicted octanol–water partition coefficient (Wildman–Crippen LogP) is 1.67. The highest BCUT2D eigenvalue weighted by molar-refractivity contribution is 6.07. The maximum absolute atomic E-state index is 13.4. The number of rotatable bonds is 3. The van der Waals surface area contributed by atoms with Crippen molar-refractivity contribution in [3.63, 3.8) is 0 Å². The first-order valence-electron chi connectivity index (χ1n) is 7.68. The second-order valence-electron chi connectivity index (χ2n) is 5.96. The van der Waals surface area contributed by atoms with Crippen molar-refractivity contribution >= 4 is 22.7 Å². The minimum atomic E-state index is -1.19. The number of hydrogen-bond donors (Lipinski definition) is 2. The zero-order valence-electron chi connectivity index (χ0n) is 13.2. The van der Waals surface area contributed by atoms with Gasteiger partial charge in [-0.2, -0.15) is 5.26 Å². The fourth-order valence-corrected chi connectivity index (χ4v) is 2.96. The van der Waals surface area contributed by atoms with Crippen LogP contribution in [-0.2, 0) is 4.79 Å². The van der Waals surface area contributed by atoms with Gasteiger partial charge in [-0.15, -0.1) is 0 Å². The van der Waals surface area contributed by atoms with Crippen LogP contribution in [0.25, 0.3) is 10.9 Å². The average molecular weight is 328 g/mol. The van der Waals surface area contributed by atoms with Gasteiger partial charge in [0.25, 0.3) is 5.91 Å². The Bertz CT molecular complexity index is 839. The molecule has 2 heterocycles. The van der Waals surface area contributed by atoms with Crippen LogP contribution in [0.2, 0.25) is 0 Å². The number of likely N-dealkylation sites (tertiary alicyclic amines) is 1. The van der Waals surface area contributed by atoms with Crippen molar-refractivity contribution in [2.75, 3.05) is 13.1 Å². The summed E-state index contributed by atoms with van der Waals surface area (Å²) in [6.45, 7) is 1.57. The smallest absolute Gasteiger partial charge is 0.253 e. The number of H-pyrrole nitrogens is 1. The molecule has 0 radical (unpaired) electrons. The van der Waals surface area contributed by atoms with Crippen LogP contribution in [0.5, 0.6) is 0 Å². The lowest BCUT2D eigenvalue weighted by atomic mass is 10.1. The fraction of sp³-hybridized carbons (Fsp3) is 0.353. The Morgan fingerprint density at radius 2 is 2.29 bits per heavy atom. The molecular formula is C17H17FN4O2. The van der Waals surface area contributed by atoms with Crippen LogP contribution in [0.3, 0.4) is 0 Å². The van der Waals surface area contributed by atoms with Gasteiger partial charge in [0.2, 0.25) is 5.91 Å². The summed E-state index contributed by atoms with van der Waals surface area (Å²) >= 11 is 0. The van der Waals surface area contributed by atoms with E-state index in [4.69, 9.17) is 5.26 Å². The van der Waals surface area contributed by atoms with Gasteiger partial charge in [0.1, 0.15) is 12.2 Å². The Hall–Kier alpha value is -2.88. The third-order valence-electron chi connectivity index (χ3n) is 4.20. The largest absolute Gasteiger partial charge is 0.360 e. The summed E-state index contributed by atoms with van der Waals surface area (Å²) in [5.41, 5.74) is 2.31. The fourth-order valence-electron chi connectivity index (χ4n) is 2.96. The summed E-state index contributed by atoms with van der Waals surface area (Å²) in [5.74, 6) is -0.837. The topological polar surface area (TPSA) is 89.0 Å². The van der Waals surface area contributed by atoms with Gasteiger partial charge in [-0.1, -0.05) is 11.6 Å². The van der Waals surface area contributed by atoms with E-state index in [1.54, 1.807) is 6.20 Å². The summed E-state index contributed by atoms with van der Waals surface area (Å²) in [5, 5.41) is 12.3. The summed E-state index contributed by atoms with van der Waals surface area (Å²) in [6, 6.07) is 6.87. The molecule has 1 fully saturated rings. The zero-order chi connectivity index (χ0) is 17.3. The Morgan fingerprint density at radius 1 is 1.50 bits per heavy atom. The highest BCUT2D eigenvalue weighted by Gasteiger charge is 2.35. The van der Waals surface area contributed by atoms with Crippen molar-refractivity contribution in [2.24, 2.45) is 0 Å². The van der Waals surface area contributed by atoms with E-state index in [0.717, 1.165) is 16.5 Å². The first-order chi connectivity index (χ1) is 11.5. The van der Waals surface area contributed by atoms with Crippen molar-refractivity contribution in [2.45, 2.75) is 25.6 Å². The number of nitriles is 1. The Balaban J connectivity index is 1.68. The van der Waals surface area contributed by atoms with Crippen LogP contribution in [0.1, 0.15) is 22.3 Å². The molecule has 1 aliphatic rings. The summed E-state index contributed by atoms with van der Waals surface area (Å²) in [6.07, 6.45) is 0.429. The molecule has 1 aliphatic heterocycles. The number of amides is 2. The molecule has 1 aromatic carbocycles. The molecule has 2 aromatic rings. The molecule has 2 amide bonds. The molecule has 7 heteroatoms. The molecule has 1 aromatic heterocycles. The lowest BCUT2D eigenvalue weighted by Gasteiger charge is -2.19. The number of carbonyl (C=O) groups excluding carboxylic acids is 2. The first-order valence-corrected chi connectivity index (χ1v) is 7.68. The van der Waals surface area contributed by atoms with Crippen LogP contribution in [0.15, 0.2) is 24.4 Å². The number of aromatic amines is 1. The van der Waals surface area contributed by atoms with E-state index in [1.807, 2.05) is 31.2 Å². The minimum Gasteiger partial charge on any atom is -0.360 e. The Labute approximate surface area is 138 Å². The van der Waals surface area contributed by atoms with Crippen molar-refractivity contribution in [1.82, 2.24) is 15.2 Å². The number of aromatic nitrogens is 1. The van der Waals surface area contributed by atoms with Crippen LogP contribution < -0.4 is 5.32 Å².